The summed E-state index contributed by atoms with van der Waals surface area (Å²) in [5.41, 5.74) is 3.00. The van der Waals surface area contributed by atoms with Gasteiger partial charge in [-0.15, -0.1) is 11.3 Å². The fraction of sp³-hybridized carbons (Fsp3) is 0.174. The van der Waals surface area contributed by atoms with E-state index in [4.69, 9.17) is 12.2 Å². The molecule has 1 saturated heterocycles. The van der Waals surface area contributed by atoms with E-state index in [-0.39, 0.29) is 22.5 Å². The maximum atomic E-state index is 12.9. The Labute approximate surface area is 184 Å². The zero-order valence-corrected chi connectivity index (χ0v) is 18.4. The van der Waals surface area contributed by atoms with Crippen molar-refractivity contribution in [3.8, 4) is 16.1 Å². The summed E-state index contributed by atoms with van der Waals surface area (Å²) in [6.07, 6.45) is 3.58. The lowest BCUT2D eigenvalue weighted by Crippen LogP contribution is -2.55. The molecule has 4 rings (SSSR count). The number of likely N-dealkylation sites (N-methyl/N-ethyl adjacent to an activating group) is 2. The summed E-state index contributed by atoms with van der Waals surface area (Å²) in [6.45, 7) is 4.54. The van der Waals surface area contributed by atoms with Crippen LogP contribution in [0.25, 0.3) is 22.2 Å². The number of amides is 2. The van der Waals surface area contributed by atoms with Crippen LogP contribution in [-0.2, 0) is 9.59 Å². The first kappa shape index (κ1) is 20.3. The maximum Gasteiger partial charge on any atom is 0.265 e. The van der Waals surface area contributed by atoms with Gasteiger partial charge < -0.3 is 4.57 Å². The first-order chi connectivity index (χ1) is 14.5. The quantitative estimate of drug-likeness (QED) is 0.335. The van der Waals surface area contributed by atoms with Crippen molar-refractivity contribution >= 4 is 46.6 Å². The van der Waals surface area contributed by atoms with Gasteiger partial charge in [-0.1, -0.05) is 18.2 Å². The van der Waals surface area contributed by atoms with Gasteiger partial charge in [0.1, 0.15) is 5.57 Å². The molecule has 2 aromatic heterocycles. The molecule has 2 amide bonds. The molecular weight excluding hydrogens is 414 g/mol. The van der Waals surface area contributed by atoms with Crippen LogP contribution < -0.4 is 0 Å². The monoisotopic (exact) mass is 435 g/mol. The average Bonchev–Trinajstić information content (AvgIpc) is 3.44. The van der Waals surface area contributed by atoms with Gasteiger partial charge in [0.2, 0.25) is 0 Å². The molecule has 0 aliphatic carbocycles. The molecule has 1 aromatic carbocycles. The highest BCUT2D eigenvalue weighted by Crippen LogP contribution is 2.27. The Morgan fingerprint density at radius 2 is 1.60 bits per heavy atom. The summed E-state index contributed by atoms with van der Waals surface area (Å²) in [5.74, 6) is -0.698. The Morgan fingerprint density at radius 1 is 0.933 bits per heavy atom. The van der Waals surface area contributed by atoms with Crippen LogP contribution in [0.15, 0.2) is 65.7 Å². The number of hydrogen-bond acceptors (Lipinski definition) is 4. The fourth-order valence-electron chi connectivity index (χ4n) is 3.51. The molecule has 3 aromatic rings. The topological polar surface area (TPSA) is 45.6 Å². The number of thiophene rings is 1. The second-order valence-corrected chi connectivity index (χ2v) is 8.08. The van der Waals surface area contributed by atoms with Crippen LogP contribution in [0.4, 0.5) is 0 Å². The first-order valence-corrected chi connectivity index (χ1v) is 11.0. The minimum atomic E-state index is -0.349. The van der Waals surface area contributed by atoms with Crippen LogP contribution >= 0.6 is 23.6 Å². The summed E-state index contributed by atoms with van der Waals surface area (Å²) in [6, 6.07) is 16.1. The third-order valence-corrected chi connectivity index (χ3v) is 6.43. The van der Waals surface area contributed by atoms with Crippen molar-refractivity contribution in [1.82, 2.24) is 14.4 Å². The molecule has 1 aliphatic heterocycles. The number of carbonyl (C=O) groups excluding carboxylic acids is 2. The standard InChI is InChI=1S/C23H21N3O2S2/c1-3-24-21(27)19(22(28)25(4-2)23(24)29)15-18-7-5-13-26(18)17-11-9-16(10-12-17)20-8-6-14-30-20/h5-15H,3-4H2,1-2H3. The molecule has 7 heteroatoms. The highest BCUT2D eigenvalue weighted by Gasteiger charge is 2.37. The van der Waals surface area contributed by atoms with Gasteiger partial charge >= 0.3 is 0 Å². The number of hydrogen-bond donors (Lipinski definition) is 0. The van der Waals surface area contributed by atoms with E-state index in [0.29, 0.717) is 13.1 Å². The zero-order valence-electron chi connectivity index (χ0n) is 16.7. The highest BCUT2D eigenvalue weighted by molar-refractivity contribution is 7.80. The molecule has 0 saturated carbocycles. The number of aromatic nitrogens is 1. The van der Waals surface area contributed by atoms with Crippen LogP contribution in [0, 0.1) is 0 Å². The van der Waals surface area contributed by atoms with E-state index in [1.165, 1.54) is 14.7 Å². The highest BCUT2D eigenvalue weighted by atomic mass is 32.1. The molecule has 1 aliphatic rings. The second-order valence-electron chi connectivity index (χ2n) is 6.77. The van der Waals surface area contributed by atoms with Gasteiger partial charge in [-0.2, -0.15) is 0 Å². The Hall–Kier alpha value is -3.03. The second kappa shape index (κ2) is 8.38. The van der Waals surface area contributed by atoms with E-state index >= 15 is 0 Å². The summed E-state index contributed by atoms with van der Waals surface area (Å²) >= 11 is 7.03. The van der Waals surface area contributed by atoms with Gasteiger partial charge in [-0.25, -0.2) is 0 Å². The van der Waals surface area contributed by atoms with Crippen LogP contribution in [0.1, 0.15) is 19.5 Å². The number of carbonyl (C=O) groups is 2. The fourth-order valence-corrected chi connectivity index (χ4v) is 4.66. The van der Waals surface area contributed by atoms with Gasteiger partial charge in [0.15, 0.2) is 5.11 Å². The molecule has 0 radical (unpaired) electrons. The predicted molar refractivity (Wildman–Crippen MR) is 124 cm³/mol. The summed E-state index contributed by atoms with van der Waals surface area (Å²) in [4.78, 5) is 30.0. The Morgan fingerprint density at radius 3 is 2.17 bits per heavy atom. The molecule has 0 atom stereocenters. The normalized spacial score (nSPS) is 14.6. The molecule has 0 N–H and O–H groups in total. The lowest BCUT2D eigenvalue weighted by atomic mass is 10.1. The molecular formula is C23H21N3O2S2. The number of rotatable bonds is 5. The zero-order chi connectivity index (χ0) is 21.3. The van der Waals surface area contributed by atoms with Gasteiger partial charge in [0.25, 0.3) is 11.8 Å². The van der Waals surface area contributed by atoms with Gasteiger partial charge in [-0.3, -0.25) is 19.4 Å². The van der Waals surface area contributed by atoms with E-state index in [9.17, 15) is 9.59 Å². The largest absolute Gasteiger partial charge is 0.317 e. The molecule has 0 spiro atoms. The Bertz CT molecular complexity index is 1100. The average molecular weight is 436 g/mol. The van der Waals surface area contributed by atoms with E-state index in [1.54, 1.807) is 17.4 Å². The van der Waals surface area contributed by atoms with E-state index in [1.807, 2.05) is 54.9 Å². The molecule has 30 heavy (non-hydrogen) atoms. The van der Waals surface area contributed by atoms with E-state index in [0.717, 1.165) is 16.9 Å². The van der Waals surface area contributed by atoms with E-state index in [2.05, 4.69) is 23.6 Å². The third kappa shape index (κ3) is 3.51. The Kier molecular flexibility index (Phi) is 5.65. The first-order valence-electron chi connectivity index (χ1n) is 9.76. The van der Waals surface area contributed by atoms with Crippen LogP contribution in [0.5, 0.6) is 0 Å². The lowest BCUT2D eigenvalue weighted by Gasteiger charge is -2.35. The van der Waals surface area contributed by atoms with Crippen molar-refractivity contribution in [2.24, 2.45) is 0 Å². The van der Waals surface area contributed by atoms with Crippen molar-refractivity contribution in [1.29, 1.82) is 0 Å². The summed E-state index contributed by atoms with van der Waals surface area (Å²) in [5, 5.41) is 2.33. The third-order valence-electron chi connectivity index (χ3n) is 5.07. The van der Waals surface area contributed by atoms with Crippen LogP contribution in [0.3, 0.4) is 0 Å². The van der Waals surface area contributed by atoms with Gasteiger partial charge in [0.05, 0.1) is 0 Å². The molecule has 1 fully saturated rings. The lowest BCUT2D eigenvalue weighted by molar-refractivity contribution is -0.133. The predicted octanol–water partition coefficient (Wildman–Crippen LogP) is 4.58. The van der Waals surface area contributed by atoms with Crippen molar-refractivity contribution in [3.63, 3.8) is 0 Å². The van der Waals surface area contributed by atoms with Crippen LogP contribution in [0.2, 0.25) is 0 Å². The minimum absolute atomic E-state index is 0.127. The smallest absolute Gasteiger partial charge is 0.265 e. The van der Waals surface area contributed by atoms with Crippen molar-refractivity contribution in [3.05, 3.63) is 71.4 Å². The molecule has 0 unspecified atom stereocenters. The summed E-state index contributed by atoms with van der Waals surface area (Å²) in [7, 11) is 0. The maximum absolute atomic E-state index is 12.9. The van der Waals surface area contributed by atoms with Gasteiger partial charge in [-0.05, 0) is 73.4 Å². The van der Waals surface area contributed by atoms with Crippen molar-refractivity contribution in [2.45, 2.75) is 13.8 Å². The van der Waals surface area contributed by atoms with Crippen LogP contribution in [-0.4, -0.2) is 44.4 Å². The number of benzene rings is 1. The van der Waals surface area contributed by atoms with Crippen molar-refractivity contribution < 1.29 is 9.59 Å². The number of nitrogens with zero attached hydrogens (tertiary/aromatic N) is 3. The summed E-state index contributed by atoms with van der Waals surface area (Å²) < 4.78 is 1.96. The molecule has 152 valence electrons. The minimum Gasteiger partial charge on any atom is -0.317 e. The Balaban J connectivity index is 1.70. The molecule has 0 bridgehead atoms. The number of thiocarbonyl (C=S) groups is 1. The van der Waals surface area contributed by atoms with E-state index < -0.39 is 0 Å². The van der Waals surface area contributed by atoms with Gasteiger partial charge in [0, 0.05) is 35.5 Å². The molecule has 5 nitrogen and oxygen atoms in total. The SMILES string of the molecule is CCN1C(=O)C(=Cc2cccn2-c2ccc(-c3cccs3)cc2)C(=O)N(CC)C1=S. The van der Waals surface area contributed by atoms with Crippen molar-refractivity contribution in [2.75, 3.05) is 13.1 Å². The molecule has 3 heterocycles.